The van der Waals surface area contributed by atoms with Crippen LogP contribution in [0.5, 0.6) is 0 Å². The minimum atomic E-state index is -0.544. The molecule has 1 aliphatic heterocycles. The maximum Gasteiger partial charge on any atom is 0.339 e. The molecule has 3 nitrogen and oxygen atoms in total. The Bertz CT molecular complexity index is 414. The summed E-state index contributed by atoms with van der Waals surface area (Å²) in [7, 11) is 0. The van der Waals surface area contributed by atoms with E-state index in [1.165, 1.54) is 0 Å². The van der Waals surface area contributed by atoms with Crippen LogP contribution in [0.4, 0.5) is 0 Å². The van der Waals surface area contributed by atoms with Gasteiger partial charge in [0, 0.05) is 13.0 Å². The van der Waals surface area contributed by atoms with Gasteiger partial charge in [-0.1, -0.05) is 18.2 Å². The average Bonchev–Trinajstić information content (AvgIpc) is 2.17. The van der Waals surface area contributed by atoms with E-state index in [9.17, 15) is 4.79 Å². The molecule has 1 aromatic carbocycles. The Hall–Kier alpha value is -1.35. The number of nitrogens with two attached hydrogens (primary N) is 1. The van der Waals surface area contributed by atoms with Gasteiger partial charge in [-0.25, -0.2) is 4.79 Å². The van der Waals surface area contributed by atoms with Crippen LogP contribution in [0.15, 0.2) is 18.2 Å². The minimum absolute atomic E-state index is 0.248. The van der Waals surface area contributed by atoms with Gasteiger partial charge < -0.3 is 10.5 Å². The molecule has 15 heavy (non-hydrogen) atoms. The molecule has 0 aliphatic carbocycles. The Kier molecular flexibility index (Phi) is 2.27. The van der Waals surface area contributed by atoms with Gasteiger partial charge in [-0.15, -0.1) is 0 Å². The third kappa shape index (κ3) is 1.63. The van der Waals surface area contributed by atoms with Crippen LogP contribution in [-0.4, -0.2) is 18.1 Å². The molecular weight excluding hydrogens is 190 g/mol. The summed E-state index contributed by atoms with van der Waals surface area (Å²) in [6, 6.07) is 5.85. The molecule has 1 heterocycles. The molecule has 0 spiro atoms. The van der Waals surface area contributed by atoms with Gasteiger partial charge in [-0.05, 0) is 25.0 Å². The molecule has 0 saturated carbocycles. The molecule has 1 atom stereocenters. The number of cyclic esters (lactones) is 1. The largest absolute Gasteiger partial charge is 0.454 e. The number of benzene rings is 1. The third-order valence-corrected chi connectivity index (χ3v) is 2.90. The van der Waals surface area contributed by atoms with Crippen molar-refractivity contribution in [3.8, 4) is 0 Å². The quantitative estimate of drug-likeness (QED) is 0.705. The van der Waals surface area contributed by atoms with Gasteiger partial charge >= 0.3 is 5.97 Å². The SMILES string of the molecule is Cc1cccc2c1C(=O)OC(C)(CN)C2. The van der Waals surface area contributed by atoms with Crippen molar-refractivity contribution in [2.75, 3.05) is 6.54 Å². The molecule has 2 N–H and O–H groups in total. The first kappa shape index (κ1) is 10.2. The summed E-state index contributed by atoms with van der Waals surface area (Å²) in [5.74, 6) is -0.248. The van der Waals surface area contributed by atoms with Crippen molar-refractivity contribution >= 4 is 5.97 Å². The molecule has 0 saturated heterocycles. The van der Waals surface area contributed by atoms with Crippen molar-refractivity contribution in [1.82, 2.24) is 0 Å². The fourth-order valence-electron chi connectivity index (χ4n) is 2.00. The zero-order valence-corrected chi connectivity index (χ0v) is 9.04. The molecule has 1 unspecified atom stereocenters. The fourth-order valence-corrected chi connectivity index (χ4v) is 2.00. The van der Waals surface area contributed by atoms with Gasteiger partial charge in [0.05, 0.1) is 5.56 Å². The van der Waals surface area contributed by atoms with E-state index in [4.69, 9.17) is 10.5 Å². The summed E-state index contributed by atoms with van der Waals surface area (Å²) >= 11 is 0. The van der Waals surface area contributed by atoms with E-state index in [0.29, 0.717) is 18.5 Å². The number of hydrogen-bond acceptors (Lipinski definition) is 3. The van der Waals surface area contributed by atoms with Gasteiger partial charge in [0.25, 0.3) is 0 Å². The first-order valence-corrected chi connectivity index (χ1v) is 5.08. The molecular formula is C12H15NO2. The summed E-state index contributed by atoms with van der Waals surface area (Å²) in [5.41, 5.74) is 7.80. The van der Waals surface area contributed by atoms with E-state index in [1.54, 1.807) is 0 Å². The number of carbonyl (C=O) groups excluding carboxylic acids is 1. The molecule has 0 aromatic heterocycles. The van der Waals surface area contributed by atoms with Gasteiger partial charge in [0.2, 0.25) is 0 Å². The average molecular weight is 205 g/mol. The summed E-state index contributed by atoms with van der Waals surface area (Å²) in [5, 5.41) is 0. The molecule has 0 fully saturated rings. The standard InChI is InChI=1S/C12H15NO2/c1-8-4-3-5-9-6-12(2,7-13)15-11(14)10(8)9/h3-5H,6-7,13H2,1-2H3. The Morgan fingerprint density at radius 1 is 1.53 bits per heavy atom. The zero-order valence-electron chi connectivity index (χ0n) is 9.04. The fraction of sp³-hybridized carbons (Fsp3) is 0.417. The van der Waals surface area contributed by atoms with Crippen molar-refractivity contribution < 1.29 is 9.53 Å². The van der Waals surface area contributed by atoms with Crippen LogP contribution < -0.4 is 5.73 Å². The number of aryl methyl sites for hydroxylation is 1. The summed E-state index contributed by atoms with van der Waals surface area (Å²) in [6.45, 7) is 4.15. The van der Waals surface area contributed by atoms with Crippen molar-refractivity contribution in [2.45, 2.75) is 25.9 Å². The Morgan fingerprint density at radius 3 is 2.93 bits per heavy atom. The maximum absolute atomic E-state index is 11.8. The van der Waals surface area contributed by atoms with Crippen molar-refractivity contribution in [3.63, 3.8) is 0 Å². The van der Waals surface area contributed by atoms with E-state index in [0.717, 1.165) is 11.1 Å². The van der Waals surface area contributed by atoms with Crippen molar-refractivity contribution in [2.24, 2.45) is 5.73 Å². The highest BCUT2D eigenvalue weighted by Gasteiger charge is 2.35. The molecule has 0 amide bonds. The number of carbonyl (C=O) groups is 1. The normalized spacial score (nSPS) is 24.6. The molecule has 0 radical (unpaired) electrons. The second-order valence-electron chi connectivity index (χ2n) is 4.33. The topological polar surface area (TPSA) is 52.3 Å². The Morgan fingerprint density at radius 2 is 2.27 bits per heavy atom. The van der Waals surface area contributed by atoms with E-state index in [2.05, 4.69) is 0 Å². The van der Waals surface area contributed by atoms with Crippen LogP contribution >= 0.6 is 0 Å². The van der Waals surface area contributed by atoms with Crippen molar-refractivity contribution in [3.05, 3.63) is 34.9 Å². The van der Waals surface area contributed by atoms with Crippen molar-refractivity contribution in [1.29, 1.82) is 0 Å². The second kappa shape index (κ2) is 3.35. The highest BCUT2D eigenvalue weighted by Crippen LogP contribution is 2.29. The highest BCUT2D eigenvalue weighted by molar-refractivity contribution is 5.94. The molecule has 2 rings (SSSR count). The molecule has 80 valence electrons. The van der Waals surface area contributed by atoms with Gasteiger partial charge in [0.15, 0.2) is 0 Å². The van der Waals surface area contributed by atoms with E-state index in [-0.39, 0.29) is 5.97 Å². The van der Waals surface area contributed by atoms with Crippen LogP contribution in [0.2, 0.25) is 0 Å². The number of rotatable bonds is 1. The summed E-state index contributed by atoms with van der Waals surface area (Å²) in [4.78, 5) is 11.8. The van der Waals surface area contributed by atoms with Gasteiger partial charge in [0.1, 0.15) is 5.60 Å². The summed E-state index contributed by atoms with van der Waals surface area (Å²) in [6.07, 6.45) is 0.701. The first-order chi connectivity index (χ1) is 7.06. The smallest absolute Gasteiger partial charge is 0.339 e. The molecule has 1 aromatic rings. The predicted molar refractivity (Wildman–Crippen MR) is 57.8 cm³/mol. The van der Waals surface area contributed by atoms with Gasteiger partial charge in [-0.3, -0.25) is 0 Å². The van der Waals surface area contributed by atoms with Crippen LogP contribution in [0.25, 0.3) is 0 Å². The molecule has 1 aliphatic rings. The monoisotopic (exact) mass is 205 g/mol. The van der Waals surface area contributed by atoms with E-state index >= 15 is 0 Å². The van der Waals surface area contributed by atoms with Crippen LogP contribution in [-0.2, 0) is 11.2 Å². The lowest BCUT2D eigenvalue weighted by molar-refractivity contribution is -0.0111. The zero-order chi connectivity index (χ0) is 11.1. The first-order valence-electron chi connectivity index (χ1n) is 5.08. The molecule has 0 bridgehead atoms. The minimum Gasteiger partial charge on any atom is -0.454 e. The van der Waals surface area contributed by atoms with Gasteiger partial charge in [-0.2, -0.15) is 0 Å². The lowest BCUT2D eigenvalue weighted by atomic mass is 9.88. The molecule has 3 heteroatoms. The third-order valence-electron chi connectivity index (χ3n) is 2.90. The number of hydrogen-bond donors (Lipinski definition) is 1. The van der Waals surface area contributed by atoms with Crippen LogP contribution in [0.3, 0.4) is 0 Å². The number of esters is 1. The second-order valence-corrected chi connectivity index (χ2v) is 4.33. The van der Waals surface area contributed by atoms with E-state index in [1.807, 2.05) is 32.0 Å². The maximum atomic E-state index is 11.8. The Labute approximate surface area is 89.2 Å². The predicted octanol–water partition coefficient (Wildman–Crippen LogP) is 1.43. The van der Waals surface area contributed by atoms with Crippen LogP contribution in [0, 0.1) is 6.92 Å². The van der Waals surface area contributed by atoms with Crippen LogP contribution in [0.1, 0.15) is 28.4 Å². The highest BCUT2D eigenvalue weighted by atomic mass is 16.6. The summed E-state index contributed by atoms with van der Waals surface area (Å²) < 4.78 is 5.37. The lowest BCUT2D eigenvalue weighted by Gasteiger charge is -2.33. The lowest BCUT2D eigenvalue weighted by Crippen LogP contribution is -2.45. The Balaban J connectivity index is 2.50. The number of fused-ring (bicyclic) bond motifs is 1. The number of ether oxygens (including phenoxy) is 1. The van der Waals surface area contributed by atoms with E-state index < -0.39 is 5.60 Å².